The highest BCUT2D eigenvalue weighted by Crippen LogP contribution is 2.22. The molecule has 0 atom stereocenters. The van der Waals surface area contributed by atoms with Crippen molar-refractivity contribution in [3.63, 3.8) is 0 Å². The second-order valence-corrected chi connectivity index (χ2v) is 5.13. The van der Waals surface area contributed by atoms with E-state index in [9.17, 15) is 4.79 Å². The summed E-state index contributed by atoms with van der Waals surface area (Å²) in [6.45, 7) is 0.230. The molecular weight excluding hydrogens is 284 g/mol. The lowest BCUT2D eigenvalue weighted by Crippen LogP contribution is -2.37. The average molecular weight is 302 g/mol. The van der Waals surface area contributed by atoms with E-state index >= 15 is 0 Å². The molecule has 3 aromatic rings. The highest BCUT2D eigenvalue weighted by molar-refractivity contribution is 5.97. The van der Waals surface area contributed by atoms with Gasteiger partial charge in [0.1, 0.15) is 0 Å². The smallest absolute Gasteiger partial charge is 0.178 e. The van der Waals surface area contributed by atoms with Crippen molar-refractivity contribution in [2.45, 2.75) is 0 Å². The monoisotopic (exact) mass is 302 g/mol. The molecule has 0 unspecified atom stereocenters. The summed E-state index contributed by atoms with van der Waals surface area (Å²) in [5.74, 6) is 0.0578. The number of benzene rings is 3. The standard InChI is InChI=1S/C20H18N2O/c23-20(17-10-4-1-5-11-17)16-21-22(18-12-6-2-7-13-18)19-14-8-3-9-15-19/h1-15,21H,16H2. The van der Waals surface area contributed by atoms with E-state index in [0.717, 1.165) is 11.4 Å². The maximum absolute atomic E-state index is 12.3. The summed E-state index contributed by atoms with van der Waals surface area (Å²) < 4.78 is 0. The maximum Gasteiger partial charge on any atom is 0.178 e. The highest BCUT2D eigenvalue weighted by Gasteiger charge is 2.11. The molecule has 0 bridgehead atoms. The van der Waals surface area contributed by atoms with Crippen molar-refractivity contribution in [2.24, 2.45) is 0 Å². The average Bonchev–Trinajstić information content (AvgIpc) is 2.64. The summed E-state index contributed by atoms with van der Waals surface area (Å²) in [6, 6.07) is 29.2. The third kappa shape index (κ3) is 3.84. The summed E-state index contributed by atoms with van der Waals surface area (Å²) in [5, 5.41) is 1.93. The fraction of sp³-hybridized carbons (Fsp3) is 0.0500. The third-order valence-corrected chi connectivity index (χ3v) is 3.52. The normalized spacial score (nSPS) is 10.3. The molecule has 0 saturated carbocycles. The van der Waals surface area contributed by atoms with Crippen LogP contribution in [0.25, 0.3) is 0 Å². The third-order valence-electron chi connectivity index (χ3n) is 3.52. The summed E-state index contributed by atoms with van der Waals surface area (Å²) in [7, 11) is 0. The molecule has 0 fully saturated rings. The van der Waals surface area contributed by atoms with E-state index in [0.29, 0.717) is 5.56 Å². The van der Waals surface area contributed by atoms with Crippen molar-refractivity contribution < 1.29 is 4.79 Å². The van der Waals surface area contributed by atoms with Gasteiger partial charge in [-0.3, -0.25) is 9.80 Å². The van der Waals surface area contributed by atoms with Crippen LogP contribution >= 0.6 is 0 Å². The number of ketones is 1. The van der Waals surface area contributed by atoms with Crippen LogP contribution in [-0.2, 0) is 0 Å². The van der Waals surface area contributed by atoms with Gasteiger partial charge in [0.15, 0.2) is 5.78 Å². The summed E-state index contributed by atoms with van der Waals surface area (Å²) in [6.07, 6.45) is 0. The molecule has 0 amide bonds. The zero-order valence-corrected chi connectivity index (χ0v) is 12.7. The molecule has 0 saturated heterocycles. The van der Waals surface area contributed by atoms with E-state index in [1.165, 1.54) is 0 Å². The van der Waals surface area contributed by atoms with Gasteiger partial charge in [-0.25, -0.2) is 5.43 Å². The van der Waals surface area contributed by atoms with Crippen molar-refractivity contribution in [3.05, 3.63) is 96.6 Å². The Morgan fingerprint density at radius 1 is 0.696 bits per heavy atom. The van der Waals surface area contributed by atoms with Crippen LogP contribution in [0.5, 0.6) is 0 Å². The van der Waals surface area contributed by atoms with Crippen LogP contribution in [0.4, 0.5) is 11.4 Å². The first-order chi connectivity index (χ1) is 11.3. The van der Waals surface area contributed by atoms with E-state index in [4.69, 9.17) is 0 Å². The molecule has 1 N–H and O–H groups in total. The first-order valence-corrected chi connectivity index (χ1v) is 7.56. The number of carbonyl (C=O) groups excluding carboxylic acids is 1. The number of para-hydroxylation sites is 2. The molecule has 0 aromatic heterocycles. The Morgan fingerprint density at radius 2 is 1.13 bits per heavy atom. The molecule has 0 heterocycles. The van der Waals surface area contributed by atoms with Crippen molar-refractivity contribution in [3.8, 4) is 0 Å². The number of anilines is 2. The fourth-order valence-electron chi connectivity index (χ4n) is 2.36. The lowest BCUT2D eigenvalue weighted by molar-refractivity contribution is 0.0991. The van der Waals surface area contributed by atoms with Crippen LogP contribution in [0.2, 0.25) is 0 Å². The van der Waals surface area contributed by atoms with Crippen molar-refractivity contribution in [1.82, 2.24) is 5.43 Å². The lowest BCUT2D eigenvalue weighted by atomic mass is 10.1. The minimum absolute atomic E-state index is 0.0578. The molecule has 0 aliphatic heterocycles. The molecule has 114 valence electrons. The number of carbonyl (C=O) groups is 1. The summed E-state index contributed by atoms with van der Waals surface area (Å²) in [4.78, 5) is 12.3. The van der Waals surface area contributed by atoms with Gasteiger partial charge in [0, 0.05) is 5.56 Å². The van der Waals surface area contributed by atoms with Gasteiger partial charge in [0.2, 0.25) is 0 Å². The fourth-order valence-corrected chi connectivity index (χ4v) is 2.36. The number of hydrogen-bond donors (Lipinski definition) is 1. The van der Waals surface area contributed by atoms with Crippen molar-refractivity contribution in [2.75, 3.05) is 11.6 Å². The number of Topliss-reactive ketones (excluding diaryl/α,β-unsaturated/α-hetero) is 1. The number of nitrogens with zero attached hydrogens (tertiary/aromatic N) is 1. The Morgan fingerprint density at radius 3 is 1.61 bits per heavy atom. The lowest BCUT2D eigenvalue weighted by Gasteiger charge is -2.25. The second-order valence-electron chi connectivity index (χ2n) is 5.13. The quantitative estimate of drug-likeness (QED) is 0.547. The van der Waals surface area contributed by atoms with E-state index in [2.05, 4.69) is 5.43 Å². The van der Waals surface area contributed by atoms with Crippen LogP contribution in [0.3, 0.4) is 0 Å². The van der Waals surface area contributed by atoms with Crippen LogP contribution in [-0.4, -0.2) is 12.3 Å². The minimum atomic E-state index is 0.0578. The van der Waals surface area contributed by atoms with Crippen LogP contribution in [0.15, 0.2) is 91.0 Å². The van der Waals surface area contributed by atoms with Gasteiger partial charge in [0.05, 0.1) is 17.9 Å². The molecule has 3 nitrogen and oxygen atoms in total. The number of hydrogen-bond acceptors (Lipinski definition) is 3. The molecule has 0 radical (unpaired) electrons. The van der Waals surface area contributed by atoms with Gasteiger partial charge >= 0.3 is 0 Å². The van der Waals surface area contributed by atoms with Gasteiger partial charge in [-0.2, -0.15) is 0 Å². The number of rotatable bonds is 6. The van der Waals surface area contributed by atoms with Crippen molar-refractivity contribution >= 4 is 17.2 Å². The second kappa shape index (κ2) is 7.38. The molecule has 23 heavy (non-hydrogen) atoms. The van der Waals surface area contributed by atoms with E-state index in [-0.39, 0.29) is 12.3 Å². The van der Waals surface area contributed by atoms with Crippen LogP contribution < -0.4 is 10.4 Å². The Balaban J connectivity index is 1.79. The molecule has 0 aliphatic rings. The SMILES string of the molecule is O=C(CNN(c1ccccc1)c1ccccc1)c1ccccc1. The van der Waals surface area contributed by atoms with Gasteiger partial charge in [-0.1, -0.05) is 66.7 Å². The maximum atomic E-state index is 12.3. The summed E-state index contributed by atoms with van der Waals surface area (Å²) in [5.41, 5.74) is 5.92. The predicted octanol–water partition coefficient (Wildman–Crippen LogP) is 4.21. The van der Waals surface area contributed by atoms with Crippen LogP contribution in [0, 0.1) is 0 Å². The topological polar surface area (TPSA) is 32.3 Å². The molecule has 3 heteroatoms. The Bertz CT molecular complexity index is 703. The molecule has 3 rings (SSSR count). The molecule has 3 aromatic carbocycles. The Labute approximate surface area is 136 Å². The van der Waals surface area contributed by atoms with Gasteiger partial charge in [-0.05, 0) is 24.3 Å². The van der Waals surface area contributed by atoms with Crippen molar-refractivity contribution in [1.29, 1.82) is 0 Å². The number of nitrogens with one attached hydrogen (secondary N) is 1. The van der Waals surface area contributed by atoms with Gasteiger partial charge in [-0.15, -0.1) is 0 Å². The molecule has 0 spiro atoms. The molecule has 0 aliphatic carbocycles. The largest absolute Gasteiger partial charge is 0.293 e. The minimum Gasteiger partial charge on any atom is -0.293 e. The van der Waals surface area contributed by atoms with E-state index < -0.39 is 0 Å². The first kappa shape index (κ1) is 15.0. The van der Waals surface area contributed by atoms with E-state index in [1.54, 1.807) is 0 Å². The first-order valence-electron chi connectivity index (χ1n) is 7.56. The van der Waals surface area contributed by atoms with Gasteiger partial charge in [0.25, 0.3) is 0 Å². The van der Waals surface area contributed by atoms with E-state index in [1.807, 2.05) is 96.0 Å². The Hall–Kier alpha value is -2.91. The number of hydrazine groups is 1. The highest BCUT2D eigenvalue weighted by atomic mass is 16.1. The molecular formula is C20H18N2O. The van der Waals surface area contributed by atoms with Gasteiger partial charge < -0.3 is 0 Å². The Kier molecular flexibility index (Phi) is 4.82. The zero-order chi connectivity index (χ0) is 15.9. The van der Waals surface area contributed by atoms with Crippen LogP contribution in [0.1, 0.15) is 10.4 Å². The summed E-state index contributed by atoms with van der Waals surface area (Å²) >= 11 is 0. The zero-order valence-electron chi connectivity index (χ0n) is 12.7. The predicted molar refractivity (Wildman–Crippen MR) is 93.8 cm³/mol.